The summed E-state index contributed by atoms with van der Waals surface area (Å²) in [5, 5.41) is 8.14. The summed E-state index contributed by atoms with van der Waals surface area (Å²) in [6, 6.07) is 13.5. The van der Waals surface area contributed by atoms with Crippen LogP contribution in [-0.4, -0.2) is 39.3 Å². The summed E-state index contributed by atoms with van der Waals surface area (Å²) in [4.78, 5) is 25.6. The highest BCUT2D eigenvalue weighted by atomic mass is 32.2. The predicted molar refractivity (Wildman–Crippen MR) is 116 cm³/mol. The molecule has 0 atom stereocenters. The molecule has 2 heterocycles. The summed E-state index contributed by atoms with van der Waals surface area (Å²) in [6.45, 7) is 4.76. The van der Waals surface area contributed by atoms with Gasteiger partial charge in [-0.15, -0.1) is 11.8 Å². The van der Waals surface area contributed by atoms with Crippen LogP contribution in [0.15, 0.2) is 53.7 Å². The number of hydrogen-bond acceptors (Lipinski definition) is 6. The molecule has 2 N–H and O–H groups in total. The van der Waals surface area contributed by atoms with Crippen LogP contribution in [0.5, 0.6) is 0 Å². The van der Waals surface area contributed by atoms with Gasteiger partial charge in [0.25, 0.3) is 5.91 Å². The van der Waals surface area contributed by atoms with E-state index in [9.17, 15) is 4.79 Å². The minimum Gasteiger partial charge on any atom is -0.350 e. The van der Waals surface area contributed by atoms with Crippen LogP contribution in [0.25, 0.3) is 10.9 Å². The third kappa shape index (κ3) is 4.14. The second kappa shape index (κ2) is 7.98. The molecule has 0 unspecified atom stereocenters. The molecule has 6 nitrogen and oxygen atoms in total. The van der Waals surface area contributed by atoms with Crippen molar-refractivity contribution >= 4 is 45.3 Å². The summed E-state index contributed by atoms with van der Waals surface area (Å²) < 4.78 is 0. The molecule has 0 aliphatic carbocycles. The lowest BCUT2D eigenvalue weighted by Crippen LogP contribution is -2.29. The molecule has 0 bridgehead atoms. The Hall–Kier alpha value is -2.93. The van der Waals surface area contributed by atoms with E-state index in [4.69, 9.17) is 0 Å². The maximum atomic E-state index is 12.0. The number of benzene rings is 2. The molecule has 7 heteroatoms. The normalized spacial score (nSPS) is 13.6. The second-order valence-electron chi connectivity index (χ2n) is 6.83. The molecule has 3 aromatic rings. The number of rotatable bonds is 5. The van der Waals surface area contributed by atoms with Crippen molar-refractivity contribution in [3.05, 3.63) is 59.8 Å². The van der Waals surface area contributed by atoms with Gasteiger partial charge in [0, 0.05) is 46.7 Å². The fourth-order valence-corrected chi connectivity index (χ4v) is 3.77. The van der Waals surface area contributed by atoms with Crippen molar-refractivity contribution in [3.63, 3.8) is 0 Å². The van der Waals surface area contributed by atoms with E-state index in [-0.39, 0.29) is 11.9 Å². The van der Waals surface area contributed by atoms with E-state index in [0.717, 1.165) is 39.5 Å². The average molecular weight is 392 g/mol. The maximum absolute atomic E-state index is 12.0. The molecule has 1 amide bonds. The zero-order chi connectivity index (χ0) is 19.5. The number of thioether (sulfide) groups is 1. The quantitative estimate of drug-likeness (QED) is 0.687. The number of aliphatic imine (C=N–C) groups is 1. The Balaban J connectivity index is 1.50. The Morgan fingerprint density at radius 1 is 1.14 bits per heavy atom. The fourth-order valence-electron chi connectivity index (χ4n) is 2.92. The molecule has 0 saturated carbocycles. The molecule has 4 rings (SSSR count). The van der Waals surface area contributed by atoms with Crippen molar-refractivity contribution in [1.29, 1.82) is 0 Å². The lowest BCUT2D eigenvalue weighted by atomic mass is 10.1. The molecular formula is C21H21N5OS. The molecular weight excluding hydrogens is 370 g/mol. The molecule has 0 radical (unpaired) electrons. The Bertz CT molecular complexity index is 1050. The van der Waals surface area contributed by atoms with Crippen LogP contribution in [-0.2, 0) is 0 Å². The summed E-state index contributed by atoms with van der Waals surface area (Å²) in [5.41, 5.74) is 3.44. The first-order valence-electron chi connectivity index (χ1n) is 9.21. The Labute approximate surface area is 167 Å². The number of nitrogens with one attached hydrogen (secondary N) is 2. The standard InChI is InChI=1S/C21H21N5OS/c1-13(2)24-19(27)14-3-6-17(7-4-14)25-21-23-12-16-11-15(5-8-18(16)26-21)20-22-9-10-28-20/h3-8,11-13H,9-10H2,1-2H3,(H,24,27)(H,23,25,26). The van der Waals surface area contributed by atoms with E-state index >= 15 is 0 Å². The van der Waals surface area contributed by atoms with E-state index in [1.165, 1.54) is 0 Å². The highest BCUT2D eigenvalue weighted by molar-refractivity contribution is 8.14. The van der Waals surface area contributed by atoms with Gasteiger partial charge in [0.2, 0.25) is 5.95 Å². The topological polar surface area (TPSA) is 79.3 Å². The minimum atomic E-state index is -0.0793. The van der Waals surface area contributed by atoms with Crippen LogP contribution in [0.4, 0.5) is 11.6 Å². The molecule has 142 valence electrons. The number of anilines is 2. The zero-order valence-corrected chi connectivity index (χ0v) is 16.6. The Morgan fingerprint density at radius 2 is 1.96 bits per heavy atom. The maximum Gasteiger partial charge on any atom is 0.251 e. The molecule has 0 saturated heterocycles. The number of carbonyl (C=O) groups is 1. The van der Waals surface area contributed by atoms with Gasteiger partial charge in [-0.25, -0.2) is 9.97 Å². The van der Waals surface area contributed by atoms with Gasteiger partial charge >= 0.3 is 0 Å². The van der Waals surface area contributed by atoms with E-state index in [1.54, 1.807) is 23.9 Å². The van der Waals surface area contributed by atoms with Crippen molar-refractivity contribution in [3.8, 4) is 0 Å². The Morgan fingerprint density at radius 3 is 2.68 bits per heavy atom. The number of aromatic nitrogens is 2. The third-order valence-corrected chi connectivity index (χ3v) is 5.26. The smallest absolute Gasteiger partial charge is 0.251 e. The molecule has 28 heavy (non-hydrogen) atoms. The van der Waals surface area contributed by atoms with Crippen molar-refractivity contribution in [2.45, 2.75) is 19.9 Å². The molecule has 1 aliphatic heterocycles. The molecule has 0 spiro atoms. The van der Waals surface area contributed by atoms with E-state index in [2.05, 4.69) is 37.7 Å². The predicted octanol–water partition coefficient (Wildman–Crippen LogP) is 4.01. The van der Waals surface area contributed by atoms with Crippen molar-refractivity contribution in [2.75, 3.05) is 17.6 Å². The fraction of sp³-hybridized carbons (Fsp3) is 0.238. The molecule has 2 aromatic carbocycles. The second-order valence-corrected chi connectivity index (χ2v) is 7.92. The first kappa shape index (κ1) is 18.4. The number of fused-ring (bicyclic) bond motifs is 1. The van der Waals surface area contributed by atoms with Crippen LogP contribution < -0.4 is 10.6 Å². The van der Waals surface area contributed by atoms with E-state index in [0.29, 0.717) is 11.5 Å². The monoisotopic (exact) mass is 391 g/mol. The van der Waals surface area contributed by atoms with Crippen LogP contribution in [0.1, 0.15) is 29.8 Å². The van der Waals surface area contributed by atoms with Gasteiger partial charge in [-0.1, -0.05) is 6.07 Å². The lowest BCUT2D eigenvalue weighted by Gasteiger charge is -2.10. The van der Waals surface area contributed by atoms with Gasteiger partial charge in [-0.3, -0.25) is 9.79 Å². The zero-order valence-electron chi connectivity index (χ0n) is 15.8. The van der Waals surface area contributed by atoms with Crippen LogP contribution in [0, 0.1) is 0 Å². The summed E-state index contributed by atoms with van der Waals surface area (Å²) in [6.07, 6.45) is 1.82. The number of hydrogen-bond donors (Lipinski definition) is 2. The largest absolute Gasteiger partial charge is 0.350 e. The van der Waals surface area contributed by atoms with Gasteiger partial charge in [0.05, 0.1) is 10.6 Å². The van der Waals surface area contributed by atoms with Gasteiger partial charge in [-0.05, 0) is 50.2 Å². The Kier molecular flexibility index (Phi) is 5.25. The summed E-state index contributed by atoms with van der Waals surface area (Å²) in [7, 11) is 0. The summed E-state index contributed by atoms with van der Waals surface area (Å²) >= 11 is 1.78. The number of carbonyl (C=O) groups excluding carboxylic acids is 1. The SMILES string of the molecule is CC(C)NC(=O)c1ccc(Nc2ncc3cc(C4=NCCS4)ccc3n2)cc1. The van der Waals surface area contributed by atoms with Crippen molar-refractivity contribution < 1.29 is 4.79 Å². The molecule has 1 aliphatic rings. The van der Waals surface area contributed by atoms with Gasteiger partial charge in [0.1, 0.15) is 0 Å². The van der Waals surface area contributed by atoms with Crippen LogP contribution in [0.2, 0.25) is 0 Å². The average Bonchev–Trinajstić information content (AvgIpc) is 3.22. The van der Waals surface area contributed by atoms with E-state index in [1.807, 2.05) is 38.2 Å². The lowest BCUT2D eigenvalue weighted by molar-refractivity contribution is 0.0943. The van der Waals surface area contributed by atoms with Crippen LogP contribution >= 0.6 is 11.8 Å². The minimum absolute atomic E-state index is 0.0793. The number of nitrogens with zero attached hydrogens (tertiary/aromatic N) is 3. The molecule has 0 fully saturated rings. The van der Waals surface area contributed by atoms with Gasteiger partial charge in [-0.2, -0.15) is 0 Å². The van der Waals surface area contributed by atoms with E-state index < -0.39 is 0 Å². The summed E-state index contributed by atoms with van der Waals surface area (Å²) in [5.74, 6) is 1.49. The van der Waals surface area contributed by atoms with Gasteiger partial charge < -0.3 is 10.6 Å². The van der Waals surface area contributed by atoms with Crippen molar-refractivity contribution in [2.24, 2.45) is 4.99 Å². The highest BCUT2D eigenvalue weighted by Gasteiger charge is 2.11. The third-order valence-electron chi connectivity index (χ3n) is 4.24. The van der Waals surface area contributed by atoms with Crippen molar-refractivity contribution in [1.82, 2.24) is 15.3 Å². The van der Waals surface area contributed by atoms with Gasteiger partial charge in [0.15, 0.2) is 0 Å². The first-order valence-corrected chi connectivity index (χ1v) is 10.2. The highest BCUT2D eigenvalue weighted by Crippen LogP contribution is 2.23. The number of amides is 1. The first-order chi connectivity index (χ1) is 13.6. The molecule has 1 aromatic heterocycles. The van der Waals surface area contributed by atoms with Crippen LogP contribution in [0.3, 0.4) is 0 Å².